The zero-order chi connectivity index (χ0) is 32.7. The van der Waals surface area contributed by atoms with Crippen molar-refractivity contribution in [2.45, 2.75) is 18.6 Å². The van der Waals surface area contributed by atoms with Gasteiger partial charge in [0.2, 0.25) is 11.8 Å². The van der Waals surface area contributed by atoms with E-state index in [1.54, 1.807) is 36.4 Å². The fourth-order valence-electron chi connectivity index (χ4n) is 5.76. The number of alkyl halides is 3. The molecule has 2 N–H and O–H groups in total. The first kappa shape index (κ1) is 30.3. The van der Waals surface area contributed by atoms with Gasteiger partial charge in [0, 0.05) is 6.54 Å². The van der Waals surface area contributed by atoms with Crippen LogP contribution in [0.1, 0.15) is 53.8 Å². The summed E-state index contributed by atoms with van der Waals surface area (Å²) in [6.07, 6.45) is -4.25. The molecule has 4 amide bonds. The van der Waals surface area contributed by atoms with Gasteiger partial charge in [-0.1, -0.05) is 48.5 Å². The largest absolute Gasteiger partial charge is 0.423 e. The summed E-state index contributed by atoms with van der Waals surface area (Å²) in [6, 6.07) is 20.3. The molecular formula is C34H24F3N3O6. The number of ether oxygens (including phenoxy) is 1. The quantitative estimate of drug-likeness (QED) is 0.186. The molecule has 4 aromatic rings. The number of amides is 4. The minimum Gasteiger partial charge on any atom is -0.423 e. The maximum atomic E-state index is 13.4. The van der Waals surface area contributed by atoms with Gasteiger partial charge in [-0.25, -0.2) is 4.79 Å². The van der Waals surface area contributed by atoms with E-state index in [0.717, 1.165) is 17.0 Å². The highest BCUT2D eigenvalue weighted by molar-refractivity contribution is 6.22. The molecule has 12 heteroatoms. The summed E-state index contributed by atoms with van der Waals surface area (Å²) < 4.78 is 44.7. The maximum Gasteiger partial charge on any atom is 0.416 e. The Morgan fingerprint density at radius 1 is 0.826 bits per heavy atom. The number of primary amides is 1. The molecule has 0 aliphatic carbocycles. The summed E-state index contributed by atoms with van der Waals surface area (Å²) in [4.78, 5) is 66.8. The first-order chi connectivity index (χ1) is 21.9. The van der Waals surface area contributed by atoms with Crippen LogP contribution in [0.15, 0.2) is 91.0 Å². The second kappa shape index (κ2) is 11.6. The number of fused-ring (bicyclic) bond motifs is 2. The van der Waals surface area contributed by atoms with Crippen LogP contribution in [0.3, 0.4) is 0 Å². The van der Waals surface area contributed by atoms with Crippen molar-refractivity contribution in [3.05, 3.63) is 124 Å². The normalized spacial score (nSPS) is 15.8. The number of rotatable bonds is 6. The lowest BCUT2D eigenvalue weighted by Gasteiger charge is -2.36. The van der Waals surface area contributed by atoms with Crippen LogP contribution in [0, 0.1) is 0 Å². The second-order valence-electron chi connectivity index (χ2n) is 10.8. The Labute approximate surface area is 260 Å². The number of halogens is 3. The molecule has 6 rings (SSSR count). The molecule has 4 aromatic carbocycles. The lowest BCUT2D eigenvalue weighted by atomic mass is 9.91. The average Bonchev–Trinajstić information content (AvgIpc) is 3.28. The number of nitrogens with two attached hydrogens (primary N) is 1. The summed E-state index contributed by atoms with van der Waals surface area (Å²) in [7, 11) is 0. The fourth-order valence-corrected chi connectivity index (χ4v) is 5.76. The Kier molecular flexibility index (Phi) is 7.64. The monoisotopic (exact) mass is 627 g/mol. The van der Waals surface area contributed by atoms with Crippen molar-refractivity contribution in [1.82, 2.24) is 9.80 Å². The second-order valence-corrected chi connectivity index (χ2v) is 10.8. The van der Waals surface area contributed by atoms with Crippen molar-refractivity contribution in [1.29, 1.82) is 0 Å². The van der Waals surface area contributed by atoms with Crippen molar-refractivity contribution in [3.63, 3.8) is 0 Å². The molecular weight excluding hydrogens is 603 g/mol. The molecule has 0 spiro atoms. The van der Waals surface area contributed by atoms with Crippen molar-refractivity contribution in [2.75, 3.05) is 13.1 Å². The number of carbonyl (C=O) groups excluding carboxylic acids is 5. The third-order valence-electron chi connectivity index (χ3n) is 7.98. The number of benzene rings is 4. The third-order valence-corrected chi connectivity index (χ3v) is 7.98. The van der Waals surface area contributed by atoms with E-state index in [9.17, 15) is 37.1 Å². The molecule has 2 heterocycles. The third kappa shape index (κ3) is 5.49. The molecule has 0 fully saturated rings. The zero-order valence-electron chi connectivity index (χ0n) is 23.9. The van der Waals surface area contributed by atoms with E-state index in [4.69, 9.17) is 10.5 Å². The van der Waals surface area contributed by atoms with E-state index >= 15 is 0 Å². The Morgan fingerprint density at radius 2 is 1.43 bits per heavy atom. The van der Waals surface area contributed by atoms with Gasteiger partial charge in [0.05, 0.1) is 22.3 Å². The smallest absolute Gasteiger partial charge is 0.416 e. The number of hydrogen-bond donors (Lipinski definition) is 1. The maximum absolute atomic E-state index is 13.4. The Hall–Kier alpha value is -5.78. The highest BCUT2D eigenvalue weighted by Crippen LogP contribution is 2.35. The summed E-state index contributed by atoms with van der Waals surface area (Å²) in [6.45, 7) is -0.531. The van der Waals surface area contributed by atoms with Gasteiger partial charge in [0.25, 0.3) is 11.8 Å². The van der Waals surface area contributed by atoms with Crippen LogP contribution < -0.4 is 10.5 Å². The number of nitrogens with zero attached hydrogens (tertiary/aromatic N) is 2. The highest BCUT2D eigenvalue weighted by atomic mass is 19.4. The standard InChI is InChI=1S/C34H24F3N3O6/c35-34(36,37)21-11-9-19(10-12-21)23-5-1-4-8-27(23)33(45)46-22-13-14-24-20(17-22)15-16-39(29(24)30(38)42)28(41)18-40-31(43)25-6-2-3-7-26(25)32(40)44/h1-14,17,29H,15-16,18H2,(H2,38,42). The minimum atomic E-state index is -4.50. The summed E-state index contributed by atoms with van der Waals surface area (Å²) in [5.74, 6) is -3.29. The fraction of sp³-hybridized carbons (Fsp3) is 0.147. The van der Waals surface area contributed by atoms with Crippen LogP contribution in [0.25, 0.3) is 11.1 Å². The molecule has 0 saturated carbocycles. The van der Waals surface area contributed by atoms with E-state index in [0.29, 0.717) is 22.3 Å². The number of imide groups is 1. The van der Waals surface area contributed by atoms with E-state index in [1.807, 2.05) is 0 Å². The summed E-state index contributed by atoms with van der Waals surface area (Å²) in [5.41, 5.74) is 7.17. The van der Waals surface area contributed by atoms with Crippen molar-refractivity contribution in [3.8, 4) is 16.9 Å². The number of hydrogen-bond acceptors (Lipinski definition) is 6. The lowest BCUT2D eigenvalue weighted by molar-refractivity contribution is -0.140. The molecule has 2 aliphatic rings. The molecule has 0 radical (unpaired) electrons. The Morgan fingerprint density at radius 3 is 2.04 bits per heavy atom. The Balaban J connectivity index is 1.20. The van der Waals surface area contributed by atoms with Crippen molar-refractivity contribution >= 4 is 29.6 Å². The van der Waals surface area contributed by atoms with Gasteiger partial charge in [-0.05, 0) is 71.1 Å². The van der Waals surface area contributed by atoms with Crippen LogP contribution in [-0.2, 0) is 22.2 Å². The number of esters is 1. The van der Waals surface area contributed by atoms with Crippen LogP contribution >= 0.6 is 0 Å². The summed E-state index contributed by atoms with van der Waals surface area (Å²) >= 11 is 0. The minimum absolute atomic E-state index is 0.0385. The lowest BCUT2D eigenvalue weighted by Crippen LogP contribution is -2.50. The molecule has 232 valence electrons. The predicted octanol–water partition coefficient (Wildman–Crippen LogP) is 4.80. The predicted molar refractivity (Wildman–Crippen MR) is 157 cm³/mol. The Bertz CT molecular complexity index is 1890. The van der Waals surface area contributed by atoms with Crippen molar-refractivity contribution < 1.29 is 41.9 Å². The molecule has 9 nitrogen and oxygen atoms in total. The van der Waals surface area contributed by atoms with Gasteiger partial charge in [-0.15, -0.1) is 0 Å². The SMILES string of the molecule is NC(=O)C1c2ccc(OC(=O)c3ccccc3-c3ccc(C(F)(F)F)cc3)cc2CCN1C(=O)CN1C(=O)c2ccccc2C1=O. The average molecular weight is 628 g/mol. The molecule has 0 saturated heterocycles. The van der Waals surface area contributed by atoms with Gasteiger partial charge < -0.3 is 15.4 Å². The van der Waals surface area contributed by atoms with Crippen LogP contribution in [0.5, 0.6) is 5.75 Å². The van der Waals surface area contributed by atoms with Crippen LogP contribution in [0.2, 0.25) is 0 Å². The molecule has 2 aliphatic heterocycles. The zero-order valence-corrected chi connectivity index (χ0v) is 23.9. The number of carbonyl (C=O) groups is 5. The van der Waals surface area contributed by atoms with E-state index in [2.05, 4.69) is 0 Å². The first-order valence-corrected chi connectivity index (χ1v) is 14.1. The van der Waals surface area contributed by atoms with Gasteiger partial charge in [0.15, 0.2) is 0 Å². The molecule has 1 atom stereocenters. The summed E-state index contributed by atoms with van der Waals surface area (Å²) in [5, 5.41) is 0. The van der Waals surface area contributed by atoms with Gasteiger partial charge in [0.1, 0.15) is 18.3 Å². The highest BCUT2D eigenvalue weighted by Gasteiger charge is 2.40. The molecule has 0 bridgehead atoms. The van der Waals surface area contributed by atoms with Gasteiger partial charge in [-0.3, -0.25) is 24.1 Å². The van der Waals surface area contributed by atoms with E-state index in [-0.39, 0.29) is 35.4 Å². The van der Waals surface area contributed by atoms with E-state index < -0.39 is 53.9 Å². The molecule has 46 heavy (non-hydrogen) atoms. The van der Waals surface area contributed by atoms with Crippen LogP contribution in [-0.4, -0.2) is 52.5 Å². The van der Waals surface area contributed by atoms with E-state index in [1.165, 1.54) is 47.4 Å². The van der Waals surface area contributed by atoms with Crippen LogP contribution in [0.4, 0.5) is 13.2 Å². The topological polar surface area (TPSA) is 127 Å². The molecule has 0 aromatic heterocycles. The molecule has 1 unspecified atom stereocenters. The first-order valence-electron chi connectivity index (χ1n) is 14.1. The van der Waals surface area contributed by atoms with Gasteiger partial charge in [-0.2, -0.15) is 13.2 Å². The van der Waals surface area contributed by atoms with Crippen molar-refractivity contribution in [2.24, 2.45) is 5.73 Å². The van der Waals surface area contributed by atoms with Gasteiger partial charge >= 0.3 is 12.1 Å².